The molecule has 0 unspecified atom stereocenters. The summed E-state index contributed by atoms with van der Waals surface area (Å²) >= 11 is 0. The van der Waals surface area contributed by atoms with Gasteiger partial charge in [-0.1, -0.05) is 44.0 Å². The number of rotatable bonds is 1. The van der Waals surface area contributed by atoms with Crippen LogP contribution in [0.3, 0.4) is 0 Å². The fourth-order valence-electron chi connectivity index (χ4n) is 5.02. The molecule has 3 aliphatic rings. The molecule has 0 aromatic heterocycles. The Balaban J connectivity index is 1.61. The maximum absolute atomic E-state index is 13.1. The van der Waals surface area contributed by atoms with Crippen molar-refractivity contribution in [3.8, 4) is 0 Å². The lowest BCUT2D eigenvalue weighted by Gasteiger charge is -2.44. The molecular weight excluding hydrogens is 300 g/mol. The highest BCUT2D eigenvalue weighted by Crippen LogP contribution is 2.46. The summed E-state index contributed by atoms with van der Waals surface area (Å²) in [4.78, 5) is 27.0. The van der Waals surface area contributed by atoms with E-state index in [1.54, 1.807) is 0 Å². The van der Waals surface area contributed by atoms with Crippen molar-refractivity contribution in [3.05, 3.63) is 35.4 Å². The van der Waals surface area contributed by atoms with Crippen molar-refractivity contribution in [2.75, 3.05) is 6.54 Å². The second-order valence-corrected chi connectivity index (χ2v) is 8.00. The van der Waals surface area contributed by atoms with Gasteiger partial charge in [0.05, 0.1) is 0 Å². The number of carbonyl (C=O) groups is 2. The molecule has 0 bridgehead atoms. The lowest BCUT2D eigenvalue weighted by atomic mass is 9.73. The number of piperidine rings is 1. The zero-order valence-electron chi connectivity index (χ0n) is 14.4. The van der Waals surface area contributed by atoms with Crippen LogP contribution in [-0.4, -0.2) is 29.3 Å². The Kier molecular flexibility index (Phi) is 3.86. The first-order valence-electron chi connectivity index (χ1n) is 9.24. The molecule has 1 saturated carbocycles. The van der Waals surface area contributed by atoms with E-state index < -0.39 is 0 Å². The van der Waals surface area contributed by atoms with E-state index in [-0.39, 0.29) is 29.2 Å². The largest absolute Gasteiger partial charge is 0.344 e. The van der Waals surface area contributed by atoms with Crippen molar-refractivity contribution in [2.24, 2.45) is 5.92 Å². The van der Waals surface area contributed by atoms with Gasteiger partial charge in [0, 0.05) is 24.9 Å². The first kappa shape index (κ1) is 15.7. The molecule has 1 N–H and O–H groups in total. The average Bonchev–Trinajstić information content (AvgIpc) is 3.02. The molecule has 2 aliphatic heterocycles. The van der Waals surface area contributed by atoms with Crippen LogP contribution in [-0.2, 0) is 21.5 Å². The van der Waals surface area contributed by atoms with Crippen molar-refractivity contribution in [2.45, 2.75) is 63.5 Å². The summed E-state index contributed by atoms with van der Waals surface area (Å²) in [5, 5.41) is 2.92. The van der Waals surface area contributed by atoms with E-state index in [0.717, 1.165) is 13.0 Å². The number of hydrogen-bond donors (Lipinski definition) is 1. The number of fused-ring (bicyclic) bond motifs is 2. The number of amides is 2. The van der Waals surface area contributed by atoms with Crippen molar-refractivity contribution in [1.82, 2.24) is 10.2 Å². The molecule has 4 rings (SSSR count). The number of nitrogens with one attached hydrogen (secondary N) is 1. The minimum absolute atomic E-state index is 0.0140. The number of carbonyl (C=O) groups excluding carboxylic acids is 2. The van der Waals surface area contributed by atoms with Gasteiger partial charge in [0.1, 0.15) is 6.04 Å². The first-order valence-corrected chi connectivity index (χ1v) is 9.24. The number of nitrogens with zero attached hydrogens (tertiary/aromatic N) is 1. The maximum Gasteiger partial charge on any atom is 0.245 e. The molecule has 128 valence electrons. The predicted molar refractivity (Wildman–Crippen MR) is 92.3 cm³/mol. The van der Waals surface area contributed by atoms with Crippen molar-refractivity contribution >= 4 is 11.8 Å². The van der Waals surface area contributed by atoms with Gasteiger partial charge in [-0.05, 0) is 36.3 Å². The van der Waals surface area contributed by atoms with Gasteiger partial charge in [0.25, 0.3) is 0 Å². The summed E-state index contributed by atoms with van der Waals surface area (Å²) in [6, 6.07) is 8.27. The number of benzene rings is 1. The predicted octanol–water partition coefficient (Wildman–Crippen LogP) is 2.76. The smallest absolute Gasteiger partial charge is 0.245 e. The van der Waals surface area contributed by atoms with E-state index in [9.17, 15) is 9.59 Å². The van der Waals surface area contributed by atoms with Crippen LogP contribution in [0.2, 0.25) is 0 Å². The summed E-state index contributed by atoms with van der Waals surface area (Å²) in [6.07, 6.45) is 6.12. The second kappa shape index (κ2) is 5.91. The fourth-order valence-corrected chi connectivity index (χ4v) is 5.02. The normalized spacial score (nSPS) is 28.5. The summed E-state index contributed by atoms with van der Waals surface area (Å²) < 4.78 is 0. The minimum atomic E-state index is -0.343. The molecule has 24 heavy (non-hydrogen) atoms. The third-order valence-electron chi connectivity index (χ3n) is 6.12. The zero-order chi connectivity index (χ0) is 16.7. The molecule has 2 amide bonds. The van der Waals surface area contributed by atoms with Crippen molar-refractivity contribution in [1.29, 1.82) is 0 Å². The third kappa shape index (κ3) is 2.62. The van der Waals surface area contributed by atoms with Gasteiger partial charge >= 0.3 is 0 Å². The van der Waals surface area contributed by atoms with Gasteiger partial charge in [0.15, 0.2) is 0 Å². The minimum Gasteiger partial charge on any atom is -0.344 e. The van der Waals surface area contributed by atoms with Gasteiger partial charge in [-0.2, -0.15) is 0 Å². The molecule has 4 heteroatoms. The van der Waals surface area contributed by atoms with E-state index in [2.05, 4.69) is 36.5 Å². The summed E-state index contributed by atoms with van der Waals surface area (Å²) in [5.41, 5.74) is 2.87. The Morgan fingerprint density at radius 2 is 2.00 bits per heavy atom. The molecule has 1 aliphatic carbocycles. The Labute approximate surface area is 143 Å². The Morgan fingerprint density at radius 3 is 2.75 bits per heavy atom. The van der Waals surface area contributed by atoms with Crippen molar-refractivity contribution < 1.29 is 9.59 Å². The summed E-state index contributed by atoms with van der Waals surface area (Å²) in [6.45, 7) is 3.55. The highest BCUT2D eigenvalue weighted by atomic mass is 16.2. The molecule has 2 atom stereocenters. The Bertz CT molecular complexity index is 663. The van der Waals surface area contributed by atoms with Crippen molar-refractivity contribution in [3.63, 3.8) is 0 Å². The van der Waals surface area contributed by atoms with Crippen LogP contribution in [0.1, 0.15) is 56.6 Å². The molecule has 1 aromatic carbocycles. The average molecular weight is 326 g/mol. The quantitative estimate of drug-likeness (QED) is 0.863. The van der Waals surface area contributed by atoms with Gasteiger partial charge in [-0.15, -0.1) is 0 Å². The van der Waals surface area contributed by atoms with Crippen LogP contribution in [0.15, 0.2) is 24.3 Å². The second-order valence-electron chi connectivity index (χ2n) is 8.00. The standard InChI is InChI=1S/C20H26N2O2/c1-14-10-17(21-18(23)11-14)19(24)22-12-15-6-2-3-7-16(15)20(13-22)8-4-5-9-20/h2-3,6-7,14,17H,4-5,8-13H2,1H3,(H,21,23)/t14-,17-/m0/s1. The third-order valence-corrected chi connectivity index (χ3v) is 6.12. The van der Waals surface area contributed by atoms with E-state index in [0.29, 0.717) is 13.0 Å². The summed E-state index contributed by atoms with van der Waals surface area (Å²) in [7, 11) is 0. The molecular formula is C20H26N2O2. The van der Waals surface area contributed by atoms with Gasteiger partial charge < -0.3 is 10.2 Å². The zero-order valence-corrected chi connectivity index (χ0v) is 14.4. The molecule has 1 saturated heterocycles. The van der Waals surface area contributed by atoms with Crippen LogP contribution in [0.25, 0.3) is 0 Å². The molecule has 1 spiro atoms. The van der Waals surface area contributed by atoms with Crippen LogP contribution in [0.4, 0.5) is 0 Å². The van der Waals surface area contributed by atoms with Gasteiger partial charge in [-0.25, -0.2) is 0 Å². The Morgan fingerprint density at radius 1 is 1.25 bits per heavy atom. The molecule has 1 aromatic rings. The SMILES string of the molecule is C[C@@H]1CC(=O)N[C@H](C(=O)N2Cc3ccccc3C3(CCCC3)C2)C1. The van der Waals surface area contributed by atoms with Crippen LogP contribution < -0.4 is 5.32 Å². The first-order chi connectivity index (χ1) is 11.6. The van der Waals surface area contributed by atoms with E-state index in [4.69, 9.17) is 0 Å². The van der Waals surface area contributed by atoms with E-state index in [1.165, 1.54) is 36.8 Å². The van der Waals surface area contributed by atoms with Crippen LogP contribution in [0.5, 0.6) is 0 Å². The highest BCUT2D eigenvalue weighted by Gasteiger charge is 2.44. The van der Waals surface area contributed by atoms with Gasteiger partial charge in [0.2, 0.25) is 11.8 Å². The fraction of sp³-hybridized carbons (Fsp3) is 0.600. The number of hydrogen-bond acceptors (Lipinski definition) is 2. The maximum atomic E-state index is 13.1. The van der Waals surface area contributed by atoms with Crippen LogP contribution >= 0.6 is 0 Å². The molecule has 4 nitrogen and oxygen atoms in total. The highest BCUT2D eigenvalue weighted by molar-refractivity contribution is 5.89. The lowest BCUT2D eigenvalue weighted by Crippen LogP contribution is -2.55. The van der Waals surface area contributed by atoms with E-state index in [1.807, 2.05) is 4.90 Å². The topological polar surface area (TPSA) is 49.4 Å². The Hall–Kier alpha value is -1.84. The lowest BCUT2D eigenvalue weighted by molar-refractivity contribution is -0.140. The summed E-state index contributed by atoms with van der Waals surface area (Å²) in [5.74, 6) is 0.404. The molecule has 2 fully saturated rings. The van der Waals surface area contributed by atoms with Gasteiger partial charge in [-0.3, -0.25) is 9.59 Å². The van der Waals surface area contributed by atoms with E-state index >= 15 is 0 Å². The monoisotopic (exact) mass is 326 g/mol. The molecule has 0 radical (unpaired) electrons. The molecule has 2 heterocycles. The van der Waals surface area contributed by atoms with Crippen LogP contribution in [0, 0.1) is 5.92 Å².